The molecule has 184 valence electrons. The van der Waals surface area contributed by atoms with Gasteiger partial charge in [-0.25, -0.2) is 0 Å². The molecule has 2 aromatic rings. The Hall–Kier alpha value is -1.26. The van der Waals surface area contributed by atoms with Crippen LogP contribution in [0.4, 0.5) is 0 Å². The Morgan fingerprint density at radius 1 is 0.818 bits per heavy atom. The number of hydrogen-bond acceptors (Lipinski definition) is 5. The summed E-state index contributed by atoms with van der Waals surface area (Å²) in [6.07, 6.45) is 0.869. The molecule has 7 heteroatoms. The Kier molecular flexibility index (Phi) is 8.96. The van der Waals surface area contributed by atoms with Gasteiger partial charge in [-0.05, 0) is 65.6 Å². The Morgan fingerprint density at radius 3 is 1.85 bits per heavy atom. The zero-order valence-electron chi connectivity index (χ0n) is 22.1. The zero-order chi connectivity index (χ0) is 25.1. The van der Waals surface area contributed by atoms with Gasteiger partial charge in [0.15, 0.2) is 22.9 Å². The summed E-state index contributed by atoms with van der Waals surface area (Å²) in [4.78, 5) is 12.0. The number of carbonyl (C=O) groups is 1. The first-order valence-corrected chi connectivity index (χ1v) is 18.3. The molecule has 0 radical (unpaired) electrons. The van der Waals surface area contributed by atoms with Gasteiger partial charge in [0.1, 0.15) is 12.4 Å². The molecule has 2 rings (SSSR count). The Labute approximate surface area is 206 Å². The molecule has 1 aromatic heterocycles. The minimum absolute atomic E-state index is 0.147. The third-order valence-electron chi connectivity index (χ3n) is 7.16. The van der Waals surface area contributed by atoms with Crippen molar-refractivity contribution in [3.8, 4) is 5.75 Å². The molecule has 1 heterocycles. The number of benzene rings is 1. The molecule has 0 saturated carbocycles. The predicted octanol–water partition coefficient (Wildman–Crippen LogP) is 8.18. The van der Waals surface area contributed by atoms with Crippen molar-refractivity contribution < 1.29 is 18.4 Å². The summed E-state index contributed by atoms with van der Waals surface area (Å²) >= 11 is 1.54. The Morgan fingerprint density at radius 2 is 1.36 bits per heavy atom. The van der Waals surface area contributed by atoms with Gasteiger partial charge in [0.25, 0.3) is 0 Å². The highest BCUT2D eigenvalue weighted by Gasteiger charge is 2.38. The first-order valence-electron chi connectivity index (χ1n) is 11.6. The van der Waals surface area contributed by atoms with Crippen LogP contribution in [-0.2, 0) is 28.7 Å². The molecule has 0 atom stereocenters. The number of hydrogen-bond donors (Lipinski definition) is 0. The molecule has 0 fully saturated rings. The van der Waals surface area contributed by atoms with E-state index < -0.39 is 16.6 Å². The molecule has 0 aliphatic heterocycles. The lowest BCUT2D eigenvalue weighted by molar-refractivity contribution is 0.112. The van der Waals surface area contributed by atoms with Crippen molar-refractivity contribution in [3.05, 3.63) is 51.2 Å². The van der Waals surface area contributed by atoms with Crippen LogP contribution in [0.3, 0.4) is 0 Å². The largest absolute Gasteiger partial charge is 0.488 e. The van der Waals surface area contributed by atoms with E-state index in [1.54, 1.807) is 0 Å². The van der Waals surface area contributed by atoms with E-state index in [-0.39, 0.29) is 10.1 Å². The van der Waals surface area contributed by atoms with E-state index in [0.29, 0.717) is 25.4 Å². The molecule has 0 aliphatic rings. The molecule has 0 saturated heterocycles. The fourth-order valence-electron chi connectivity index (χ4n) is 2.61. The average Bonchev–Trinajstić information content (AvgIpc) is 3.16. The lowest BCUT2D eigenvalue weighted by Crippen LogP contribution is -2.41. The van der Waals surface area contributed by atoms with Crippen LogP contribution in [0.2, 0.25) is 36.3 Å². The lowest BCUT2D eigenvalue weighted by atomic mass is 10.1. The number of carbonyl (C=O) groups excluding carboxylic acids is 1. The van der Waals surface area contributed by atoms with E-state index in [1.807, 2.05) is 17.5 Å². The van der Waals surface area contributed by atoms with Gasteiger partial charge in [-0.1, -0.05) is 47.6 Å². The van der Waals surface area contributed by atoms with E-state index in [2.05, 4.69) is 79.9 Å². The van der Waals surface area contributed by atoms with Crippen LogP contribution >= 0.6 is 11.3 Å². The molecular weight excluding hydrogens is 465 g/mol. The summed E-state index contributed by atoms with van der Waals surface area (Å²) < 4.78 is 19.1. The van der Waals surface area contributed by atoms with Gasteiger partial charge >= 0.3 is 0 Å². The van der Waals surface area contributed by atoms with Crippen LogP contribution in [0, 0.1) is 0 Å². The second kappa shape index (κ2) is 10.6. The maximum absolute atomic E-state index is 10.9. The molecule has 0 N–H and O–H groups in total. The molecule has 0 spiro atoms. The summed E-state index contributed by atoms with van der Waals surface area (Å²) in [5.74, 6) is 0.806. The number of ether oxygens (including phenoxy) is 1. The van der Waals surface area contributed by atoms with E-state index in [0.717, 1.165) is 28.0 Å². The van der Waals surface area contributed by atoms with Crippen molar-refractivity contribution in [2.24, 2.45) is 0 Å². The van der Waals surface area contributed by atoms with Crippen LogP contribution in [0.15, 0.2) is 29.6 Å². The van der Waals surface area contributed by atoms with Crippen LogP contribution in [0.1, 0.15) is 67.9 Å². The second-order valence-electron chi connectivity index (χ2n) is 11.8. The van der Waals surface area contributed by atoms with Crippen LogP contribution in [0.25, 0.3) is 0 Å². The SMILES string of the molecule is CC(C)(C)[Si](C)(C)OCc1ccc(OCc2cc(C=O)cs2)cc1CO[Si](C)(C)C(C)(C)C. The molecule has 1 aromatic carbocycles. The molecular formula is C26H42O4SSi2. The van der Waals surface area contributed by atoms with Gasteiger partial charge in [-0.2, -0.15) is 0 Å². The number of thiophene rings is 1. The Bertz CT molecular complexity index is 936. The first kappa shape index (κ1) is 28.0. The van der Waals surface area contributed by atoms with E-state index in [1.165, 1.54) is 11.3 Å². The molecule has 0 bridgehead atoms. The van der Waals surface area contributed by atoms with Crippen molar-refractivity contribution in [2.45, 2.75) is 97.6 Å². The highest BCUT2D eigenvalue weighted by Crippen LogP contribution is 2.39. The van der Waals surface area contributed by atoms with Gasteiger partial charge < -0.3 is 13.6 Å². The molecule has 4 nitrogen and oxygen atoms in total. The van der Waals surface area contributed by atoms with Gasteiger partial charge in [0, 0.05) is 15.8 Å². The average molecular weight is 507 g/mol. The summed E-state index contributed by atoms with van der Waals surface area (Å²) in [6, 6.07) is 8.08. The van der Waals surface area contributed by atoms with Gasteiger partial charge in [-0.15, -0.1) is 11.3 Å². The van der Waals surface area contributed by atoms with Crippen molar-refractivity contribution in [1.29, 1.82) is 0 Å². The summed E-state index contributed by atoms with van der Waals surface area (Å²) in [7, 11) is -3.76. The van der Waals surface area contributed by atoms with Crippen LogP contribution < -0.4 is 4.74 Å². The number of aldehydes is 1. The van der Waals surface area contributed by atoms with Gasteiger partial charge in [-0.3, -0.25) is 4.79 Å². The smallest absolute Gasteiger partial charge is 0.192 e. The van der Waals surface area contributed by atoms with E-state index in [9.17, 15) is 4.79 Å². The third-order valence-corrected chi connectivity index (χ3v) is 17.0. The second-order valence-corrected chi connectivity index (χ2v) is 22.4. The quantitative estimate of drug-likeness (QED) is 0.241. The fourth-order valence-corrected chi connectivity index (χ4v) is 5.25. The highest BCUT2D eigenvalue weighted by molar-refractivity contribution is 7.10. The van der Waals surface area contributed by atoms with Crippen molar-refractivity contribution in [1.82, 2.24) is 0 Å². The Balaban J connectivity index is 2.23. The summed E-state index contributed by atoms with van der Waals surface area (Å²) in [5.41, 5.74) is 2.97. The monoisotopic (exact) mass is 506 g/mol. The lowest BCUT2D eigenvalue weighted by Gasteiger charge is -2.37. The highest BCUT2D eigenvalue weighted by atomic mass is 32.1. The van der Waals surface area contributed by atoms with E-state index >= 15 is 0 Å². The molecule has 0 unspecified atom stereocenters. The van der Waals surface area contributed by atoms with Crippen molar-refractivity contribution in [3.63, 3.8) is 0 Å². The van der Waals surface area contributed by atoms with Crippen molar-refractivity contribution in [2.75, 3.05) is 0 Å². The third kappa shape index (κ3) is 7.62. The normalized spacial score (nSPS) is 13.3. The van der Waals surface area contributed by atoms with Crippen LogP contribution in [0.5, 0.6) is 5.75 Å². The van der Waals surface area contributed by atoms with Crippen LogP contribution in [-0.4, -0.2) is 22.9 Å². The number of rotatable bonds is 10. The molecule has 33 heavy (non-hydrogen) atoms. The van der Waals surface area contributed by atoms with Gasteiger partial charge in [0.05, 0.1) is 13.2 Å². The first-order chi connectivity index (χ1) is 15.1. The summed E-state index contributed by atoms with van der Waals surface area (Å²) in [5, 5.41) is 2.16. The topological polar surface area (TPSA) is 44.8 Å². The minimum atomic E-state index is -1.89. The fraction of sp³-hybridized carbons (Fsp3) is 0.577. The minimum Gasteiger partial charge on any atom is -0.488 e. The molecule has 0 amide bonds. The molecule has 0 aliphatic carbocycles. The maximum atomic E-state index is 10.9. The zero-order valence-corrected chi connectivity index (χ0v) is 24.9. The predicted molar refractivity (Wildman–Crippen MR) is 144 cm³/mol. The summed E-state index contributed by atoms with van der Waals surface area (Å²) in [6.45, 7) is 24.3. The van der Waals surface area contributed by atoms with E-state index in [4.69, 9.17) is 13.6 Å². The van der Waals surface area contributed by atoms with Gasteiger partial charge in [0.2, 0.25) is 0 Å². The maximum Gasteiger partial charge on any atom is 0.192 e. The standard InChI is InChI=1S/C26H42O4SSi2/c1-25(2,3)32(7,8)29-16-21-11-12-23(28-18-24-13-20(15-27)19-31-24)14-22(21)17-30-33(9,10)26(4,5)6/h11-15,19H,16-18H2,1-10H3. The van der Waals surface area contributed by atoms with Crippen molar-refractivity contribution >= 4 is 34.3 Å².